The van der Waals surface area contributed by atoms with Crippen molar-refractivity contribution < 1.29 is 4.79 Å². The van der Waals surface area contributed by atoms with Crippen LogP contribution in [0.1, 0.15) is 11.3 Å². The van der Waals surface area contributed by atoms with E-state index in [-0.39, 0.29) is 5.91 Å². The van der Waals surface area contributed by atoms with E-state index >= 15 is 0 Å². The summed E-state index contributed by atoms with van der Waals surface area (Å²) >= 11 is 0. The molecule has 0 radical (unpaired) electrons. The van der Waals surface area contributed by atoms with E-state index in [0.29, 0.717) is 13.1 Å². The summed E-state index contributed by atoms with van der Waals surface area (Å²) in [7, 11) is 1.86. The summed E-state index contributed by atoms with van der Waals surface area (Å²) in [6.45, 7) is 2.98. The molecule has 2 aromatic heterocycles. The van der Waals surface area contributed by atoms with Gasteiger partial charge in [0, 0.05) is 36.4 Å². The van der Waals surface area contributed by atoms with Crippen molar-refractivity contribution in [2.45, 2.75) is 20.0 Å². The van der Waals surface area contributed by atoms with Crippen LogP contribution in [0.4, 0.5) is 0 Å². The Morgan fingerprint density at radius 1 is 1.04 bits per heavy atom. The predicted molar refractivity (Wildman–Crippen MR) is 105 cm³/mol. The van der Waals surface area contributed by atoms with Gasteiger partial charge >= 0.3 is 0 Å². The van der Waals surface area contributed by atoms with Crippen LogP contribution in [0.25, 0.3) is 21.8 Å². The van der Waals surface area contributed by atoms with Crippen molar-refractivity contribution in [3.05, 3.63) is 78.1 Å². The van der Waals surface area contributed by atoms with Crippen molar-refractivity contribution in [1.29, 1.82) is 0 Å². The van der Waals surface area contributed by atoms with Gasteiger partial charge in [0.15, 0.2) is 0 Å². The van der Waals surface area contributed by atoms with Crippen LogP contribution in [0, 0.1) is 6.92 Å². The van der Waals surface area contributed by atoms with E-state index in [2.05, 4.69) is 33.8 Å². The monoisotopic (exact) mass is 343 g/mol. The molecular weight excluding hydrogens is 322 g/mol. The van der Waals surface area contributed by atoms with Crippen molar-refractivity contribution in [3.63, 3.8) is 0 Å². The van der Waals surface area contributed by atoms with Crippen LogP contribution >= 0.6 is 0 Å². The highest BCUT2D eigenvalue weighted by molar-refractivity contribution is 5.84. The molecule has 0 N–H and O–H groups in total. The summed E-state index contributed by atoms with van der Waals surface area (Å²) in [6, 6.07) is 20.4. The van der Waals surface area contributed by atoms with E-state index in [0.717, 1.165) is 27.7 Å². The third-order valence-electron chi connectivity index (χ3n) is 4.82. The number of hydrogen-bond acceptors (Lipinski definition) is 2. The topological polar surface area (TPSA) is 38.1 Å². The predicted octanol–water partition coefficient (Wildman–Crippen LogP) is 4.16. The number of hydrogen-bond donors (Lipinski definition) is 0. The molecule has 0 unspecified atom stereocenters. The minimum absolute atomic E-state index is 0.0979. The number of carbonyl (C=O) groups excluding carboxylic acids is 1. The molecule has 0 bridgehead atoms. The summed E-state index contributed by atoms with van der Waals surface area (Å²) in [4.78, 5) is 18.9. The molecule has 0 aliphatic carbocycles. The summed E-state index contributed by atoms with van der Waals surface area (Å²) in [5.41, 5.74) is 4.28. The van der Waals surface area contributed by atoms with Crippen molar-refractivity contribution in [3.8, 4) is 0 Å². The van der Waals surface area contributed by atoms with Crippen molar-refractivity contribution in [2.75, 3.05) is 7.05 Å². The number of para-hydroxylation sites is 1. The zero-order valence-electron chi connectivity index (χ0n) is 15.0. The summed E-state index contributed by atoms with van der Waals surface area (Å²) in [5, 5.41) is 2.26. The second-order valence-corrected chi connectivity index (χ2v) is 6.71. The SMILES string of the molecule is Cc1cc2ccccc2n1CC(=O)N(C)Cc1ccc2ncccc2c1. The van der Waals surface area contributed by atoms with Gasteiger partial charge in [0.05, 0.1) is 5.52 Å². The van der Waals surface area contributed by atoms with Gasteiger partial charge in [0.25, 0.3) is 0 Å². The molecule has 4 nitrogen and oxygen atoms in total. The molecule has 130 valence electrons. The van der Waals surface area contributed by atoms with Gasteiger partial charge in [-0.3, -0.25) is 9.78 Å². The Morgan fingerprint density at radius 3 is 2.73 bits per heavy atom. The van der Waals surface area contributed by atoms with E-state index in [4.69, 9.17) is 0 Å². The minimum Gasteiger partial charge on any atom is -0.340 e. The highest BCUT2D eigenvalue weighted by Crippen LogP contribution is 2.20. The minimum atomic E-state index is 0.0979. The standard InChI is InChI=1S/C22H21N3O/c1-16-12-19-6-3-4-8-21(19)25(16)15-22(26)24(2)14-17-9-10-20-18(13-17)7-5-11-23-20/h3-13H,14-15H2,1-2H3. The summed E-state index contributed by atoms with van der Waals surface area (Å²) < 4.78 is 2.08. The molecule has 26 heavy (non-hydrogen) atoms. The summed E-state index contributed by atoms with van der Waals surface area (Å²) in [6.07, 6.45) is 1.79. The quantitative estimate of drug-likeness (QED) is 0.558. The average molecular weight is 343 g/mol. The lowest BCUT2D eigenvalue weighted by Crippen LogP contribution is -2.30. The number of fused-ring (bicyclic) bond motifs is 2. The lowest BCUT2D eigenvalue weighted by molar-refractivity contribution is -0.131. The molecular formula is C22H21N3O. The third kappa shape index (κ3) is 3.06. The highest BCUT2D eigenvalue weighted by Gasteiger charge is 2.13. The maximum Gasteiger partial charge on any atom is 0.242 e. The number of aryl methyl sites for hydroxylation is 1. The normalized spacial score (nSPS) is 11.2. The molecule has 0 fully saturated rings. The van der Waals surface area contributed by atoms with Crippen LogP contribution in [0.2, 0.25) is 0 Å². The number of pyridine rings is 1. The number of nitrogens with zero attached hydrogens (tertiary/aromatic N) is 3. The Labute approximate surface area is 152 Å². The third-order valence-corrected chi connectivity index (χ3v) is 4.82. The number of likely N-dealkylation sites (N-methyl/N-ethyl adjacent to an activating group) is 1. The molecule has 2 aromatic carbocycles. The van der Waals surface area contributed by atoms with Gasteiger partial charge in [-0.25, -0.2) is 0 Å². The Hall–Kier alpha value is -3.14. The maximum absolute atomic E-state index is 12.8. The molecule has 0 saturated carbocycles. The highest BCUT2D eigenvalue weighted by atomic mass is 16.2. The van der Waals surface area contributed by atoms with Crippen molar-refractivity contribution in [1.82, 2.24) is 14.5 Å². The molecule has 4 aromatic rings. The first-order valence-corrected chi connectivity index (χ1v) is 8.74. The fourth-order valence-electron chi connectivity index (χ4n) is 3.40. The summed E-state index contributed by atoms with van der Waals surface area (Å²) in [5.74, 6) is 0.0979. The van der Waals surface area contributed by atoms with Crippen LogP contribution in [-0.4, -0.2) is 27.4 Å². The van der Waals surface area contributed by atoms with Gasteiger partial charge < -0.3 is 9.47 Å². The van der Waals surface area contributed by atoms with E-state index in [1.54, 1.807) is 11.1 Å². The first-order valence-electron chi connectivity index (χ1n) is 8.74. The maximum atomic E-state index is 12.8. The molecule has 1 amide bonds. The second-order valence-electron chi connectivity index (χ2n) is 6.71. The number of amides is 1. The van der Waals surface area contributed by atoms with E-state index in [1.807, 2.05) is 50.4 Å². The smallest absolute Gasteiger partial charge is 0.242 e. The van der Waals surface area contributed by atoms with Gasteiger partial charge in [-0.2, -0.15) is 0 Å². The van der Waals surface area contributed by atoms with Crippen LogP contribution in [0.3, 0.4) is 0 Å². The largest absolute Gasteiger partial charge is 0.340 e. The van der Waals surface area contributed by atoms with Crippen LogP contribution in [0.15, 0.2) is 66.9 Å². The van der Waals surface area contributed by atoms with Gasteiger partial charge in [-0.15, -0.1) is 0 Å². The van der Waals surface area contributed by atoms with Crippen LogP contribution in [0.5, 0.6) is 0 Å². The zero-order valence-corrected chi connectivity index (χ0v) is 15.0. The van der Waals surface area contributed by atoms with Crippen molar-refractivity contribution >= 4 is 27.7 Å². The molecule has 2 heterocycles. The van der Waals surface area contributed by atoms with E-state index in [1.165, 1.54) is 5.39 Å². The van der Waals surface area contributed by atoms with Crippen LogP contribution < -0.4 is 0 Å². The van der Waals surface area contributed by atoms with Crippen LogP contribution in [-0.2, 0) is 17.9 Å². The molecule has 0 aliphatic heterocycles. The van der Waals surface area contributed by atoms with E-state index in [9.17, 15) is 4.79 Å². The first kappa shape index (κ1) is 16.3. The molecule has 0 spiro atoms. The van der Waals surface area contributed by atoms with Gasteiger partial charge in [-0.1, -0.05) is 30.3 Å². The van der Waals surface area contributed by atoms with E-state index < -0.39 is 0 Å². The Balaban J connectivity index is 1.52. The fraction of sp³-hybridized carbons (Fsp3) is 0.182. The molecule has 4 heteroatoms. The lowest BCUT2D eigenvalue weighted by atomic mass is 10.1. The molecule has 4 rings (SSSR count). The zero-order chi connectivity index (χ0) is 18.1. The van der Waals surface area contributed by atoms with Gasteiger partial charge in [-0.05, 0) is 48.2 Å². The second kappa shape index (κ2) is 6.64. The Bertz CT molecular complexity index is 1100. The number of benzene rings is 2. The molecule has 0 saturated heterocycles. The average Bonchev–Trinajstić information content (AvgIpc) is 2.97. The van der Waals surface area contributed by atoms with Crippen molar-refractivity contribution in [2.24, 2.45) is 0 Å². The number of carbonyl (C=O) groups is 1. The molecule has 0 aliphatic rings. The number of aromatic nitrogens is 2. The molecule has 0 atom stereocenters. The Kier molecular flexibility index (Phi) is 4.17. The fourth-order valence-corrected chi connectivity index (χ4v) is 3.40. The Morgan fingerprint density at radius 2 is 1.85 bits per heavy atom. The lowest BCUT2D eigenvalue weighted by Gasteiger charge is -2.19. The number of rotatable bonds is 4. The first-order chi connectivity index (χ1) is 12.6. The van der Waals surface area contributed by atoms with Gasteiger partial charge in [0.2, 0.25) is 5.91 Å². The van der Waals surface area contributed by atoms with Gasteiger partial charge in [0.1, 0.15) is 6.54 Å².